The van der Waals surface area contributed by atoms with Gasteiger partial charge in [0.15, 0.2) is 19.7 Å². The van der Waals surface area contributed by atoms with Gasteiger partial charge in [-0.3, -0.25) is 14.0 Å². The number of carbonyl (C=O) groups is 2. The van der Waals surface area contributed by atoms with Crippen molar-refractivity contribution < 1.29 is 27.2 Å². The molecule has 2 aliphatic heterocycles. The van der Waals surface area contributed by atoms with Gasteiger partial charge in [0.05, 0.1) is 17.7 Å². The van der Waals surface area contributed by atoms with E-state index in [0.29, 0.717) is 25.9 Å². The van der Waals surface area contributed by atoms with Crippen molar-refractivity contribution in [1.29, 1.82) is 0 Å². The largest absolute Gasteiger partial charge is 0.420 e. The van der Waals surface area contributed by atoms with Crippen molar-refractivity contribution in [3.8, 4) is 0 Å². The van der Waals surface area contributed by atoms with Gasteiger partial charge in [-0.05, 0) is 53.0 Å². The maximum Gasteiger partial charge on any atom is 0.420 e. The lowest BCUT2D eigenvalue weighted by Crippen LogP contribution is -2.60. The van der Waals surface area contributed by atoms with Crippen LogP contribution in [0.5, 0.6) is 0 Å². The molecule has 2 saturated heterocycles. The number of carbonyl (C=O) groups excluding carboxylic acids is 2. The molecule has 0 radical (unpaired) electrons. The quantitative estimate of drug-likeness (QED) is 0.392. The van der Waals surface area contributed by atoms with Gasteiger partial charge in [-0.15, -0.1) is 0 Å². The number of nitrogens with zero attached hydrogens (tertiary/aromatic N) is 4. The van der Waals surface area contributed by atoms with E-state index >= 15 is 0 Å². The summed E-state index contributed by atoms with van der Waals surface area (Å²) in [6.45, 7) is 11.8. The Hall–Kier alpha value is -1.63. The van der Waals surface area contributed by atoms with Crippen molar-refractivity contribution in [1.82, 2.24) is 19.2 Å². The van der Waals surface area contributed by atoms with Crippen LogP contribution in [0.4, 0.5) is 13.2 Å². The highest BCUT2D eigenvalue weighted by atomic mass is 79.9. The lowest BCUT2D eigenvalue weighted by Gasteiger charge is -2.47. The van der Waals surface area contributed by atoms with E-state index in [1.165, 1.54) is 11.1 Å². The first kappa shape index (κ1) is 28.4. The number of halogens is 5. The molecule has 0 aromatic carbocycles. The molecular weight excluding hydrogens is 593 g/mol. The third-order valence-electron chi connectivity index (χ3n) is 7.71. The van der Waals surface area contributed by atoms with Gasteiger partial charge >= 0.3 is 6.18 Å². The highest BCUT2D eigenvalue weighted by Crippen LogP contribution is 2.40. The monoisotopic (exact) mass is 622 g/mol. The predicted molar refractivity (Wildman–Crippen MR) is 140 cm³/mol. The van der Waals surface area contributed by atoms with Crippen LogP contribution in [0.15, 0.2) is 16.7 Å². The summed E-state index contributed by atoms with van der Waals surface area (Å²) in [5.41, 5.74) is -1.67. The number of likely N-dealkylation sites (tertiary alicyclic amines) is 2. The van der Waals surface area contributed by atoms with E-state index in [-0.39, 0.29) is 38.9 Å². The molecule has 0 N–H and O–H groups in total. The van der Waals surface area contributed by atoms with E-state index in [0.717, 1.165) is 16.9 Å². The summed E-state index contributed by atoms with van der Waals surface area (Å²) in [6.07, 6.45) is -1.95. The smallest absolute Gasteiger partial charge is 0.410 e. The van der Waals surface area contributed by atoms with E-state index in [2.05, 4.69) is 54.8 Å². The number of alkyl halides is 3. The fourth-order valence-electron chi connectivity index (χ4n) is 4.71. The Morgan fingerprint density at radius 2 is 1.92 bits per heavy atom. The number of fused-ring (bicyclic) bond motifs is 1. The number of rotatable bonds is 4. The molecule has 204 valence electrons. The second-order valence-corrected chi connectivity index (χ2v) is 17.3. The number of pyridine rings is 1. The maximum atomic E-state index is 13.7. The van der Waals surface area contributed by atoms with Crippen LogP contribution in [0.25, 0.3) is 5.65 Å². The summed E-state index contributed by atoms with van der Waals surface area (Å²) in [5.74, 6) is -0.477. The van der Waals surface area contributed by atoms with Crippen molar-refractivity contribution in [3.05, 3.63) is 33.1 Å². The molecule has 2 aliphatic rings. The fourth-order valence-corrected chi connectivity index (χ4v) is 6.74. The van der Waals surface area contributed by atoms with Crippen LogP contribution in [0, 0.1) is 0 Å². The highest BCUT2D eigenvalue weighted by molar-refractivity contribution is 9.10. The number of hydrogen-bond donors (Lipinski definition) is 0. The van der Waals surface area contributed by atoms with Gasteiger partial charge < -0.3 is 14.2 Å². The molecular formula is C24H31BrClF3N4O3Si. The minimum atomic E-state index is -4.68. The predicted octanol–water partition coefficient (Wildman–Crippen LogP) is 6.00. The molecule has 2 aromatic rings. The molecule has 0 spiro atoms. The normalized spacial score (nSPS) is 21.8. The van der Waals surface area contributed by atoms with Crippen LogP contribution in [0.2, 0.25) is 23.3 Å². The van der Waals surface area contributed by atoms with Gasteiger partial charge in [-0.2, -0.15) is 13.2 Å². The summed E-state index contributed by atoms with van der Waals surface area (Å²) in [7, 11) is -2.27. The number of aromatic nitrogens is 2. The molecule has 0 saturated carbocycles. The Kier molecular flexibility index (Phi) is 7.54. The number of piperidine rings is 1. The van der Waals surface area contributed by atoms with Crippen molar-refractivity contribution >= 4 is 53.3 Å². The Morgan fingerprint density at radius 3 is 2.49 bits per heavy atom. The van der Waals surface area contributed by atoms with Crippen molar-refractivity contribution in [3.63, 3.8) is 0 Å². The van der Waals surface area contributed by atoms with Crippen LogP contribution in [0.3, 0.4) is 0 Å². The van der Waals surface area contributed by atoms with Crippen LogP contribution < -0.4 is 0 Å². The van der Waals surface area contributed by atoms with E-state index in [4.69, 9.17) is 16.0 Å². The Bertz CT molecular complexity index is 1230. The minimum Gasteiger partial charge on any atom is -0.410 e. The SMILES string of the molecule is CC(C)(C)[Si](C)(C)OC1CN(C(=O)c2nc3c(C(F)(F)F)cc(Br)cn3c2Cl)CCC1N1CCCC1=O. The zero-order chi connectivity index (χ0) is 27.5. The second-order valence-electron chi connectivity index (χ2n) is 11.2. The standard InChI is InChI=1S/C24H31BrClF3N4O3Si/c1-23(2,3)37(4,5)36-17-13-31(10-8-16(17)32-9-6-7-18(32)34)22(35)19-20(26)33-12-14(25)11-15(21(33)30-19)24(27,28)29/h11-12,16-17H,6-10,13H2,1-5H3. The maximum absolute atomic E-state index is 13.7. The molecule has 4 rings (SSSR count). The lowest BCUT2D eigenvalue weighted by molar-refractivity contribution is -0.136. The average Bonchev–Trinajstić information content (AvgIpc) is 3.34. The summed E-state index contributed by atoms with van der Waals surface area (Å²) in [4.78, 5) is 33.6. The topological polar surface area (TPSA) is 67.2 Å². The van der Waals surface area contributed by atoms with Crippen LogP contribution in [-0.4, -0.2) is 71.1 Å². The Labute approximate surface area is 228 Å². The van der Waals surface area contributed by atoms with Gasteiger partial charge in [-0.1, -0.05) is 32.4 Å². The zero-order valence-corrected chi connectivity index (χ0v) is 24.8. The molecule has 2 atom stereocenters. The molecule has 2 unspecified atom stereocenters. The molecule has 7 nitrogen and oxygen atoms in total. The van der Waals surface area contributed by atoms with Gasteiger partial charge in [0.1, 0.15) is 5.15 Å². The number of imidazole rings is 1. The van der Waals surface area contributed by atoms with E-state index in [9.17, 15) is 22.8 Å². The van der Waals surface area contributed by atoms with Crippen molar-refractivity contribution in [2.45, 2.75) is 76.5 Å². The third-order valence-corrected chi connectivity index (χ3v) is 13.0. The van der Waals surface area contributed by atoms with E-state index < -0.39 is 37.7 Å². The summed E-state index contributed by atoms with van der Waals surface area (Å²) in [5, 5.41) is -0.281. The third kappa shape index (κ3) is 5.44. The van der Waals surface area contributed by atoms with Crippen molar-refractivity contribution in [2.75, 3.05) is 19.6 Å². The van der Waals surface area contributed by atoms with Crippen LogP contribution in [0.1, 0.15) is 56.1 Å². The molecule has 0 aliphatic carbocycles. The first-order valence-electron chi connectivity index (χ1n) is 12.2. The van der Waals surface area contributed by atoms with E-state index in [1.54, 1.807) is 0 Å². The van der Waals surface area contributed by atoms with Crippen LogP contribution in [-0.2, 0) is 15.4 Å². The molecule has 2 fully saturated rings. The van der Waals surface area contributed by atoms with Crippen molar-refractivity contribution in [2.24, 2.45) is 0 Å². The van der Waals surface area contributed by atoms with Gasteiger partial charge in [0.25, 0.3) is 5.91 Å². The molecule has 13 heteroatoms. The average molecular weight is 624 g/mol. The Morgan fingerprint density at radius 1 is 1.24 bits per heavy atom. The van der Waals surface area contributed by atoms with E-state index in [1.807, 2.05) is 4.90 Å². The first-order valence-corrected chi connectivity index (χ1v) is 16.3. The summed E-state index contributed by atoms with van der Waals surface area (Å²) >= 11 is 9.49. The molecule has 37 heavy (non-hydrogen) atoms. The minimum absolute atomic E-state index is 0.0854. The zero-order valence-electron chi connectivity index (χ0n) is 21.5. The first-order chi connectivity index (χ1) is 17.0. The molecule has 0 bridgehead atoms. The summed E-state index contributed by atoms with van der Waals surface area (Å²) in [6, 6.07) is 0.742. The number of hydrogen-bond acceptors (Lipinski definition) is 4. The number of amides is 2. The molecule has 2 aromatic heterocycles. The molecule has 4 heterocycles. The van der Waals surface area contributed by atoms with Gasteiger partial charge in [0, 0.05) is 36.7 Å². The summed E-state index contributed by atoms with van der Waals surface area (Å²) < 4.78 is 49.0. The van der Waals surface area contributed by atoms with Gasteiger partial charge in [-0.25, -0.2) is 4.98 Å². The van der Waals surface area contributed by atoms with Gasteiger partial charge in [0.2, 0.25) is 5.91 Å². The second kappa shape index (κ2) is 9.84. The van der Waals surface area contributed by atoms with Crippen LogP contribution >= 0.6 is 27.5 Å². The highest BCUT2D eigenvalue weighted by Gasteiger charge is 2.46. The Balaban J connectivity index is 1.67. The fraction of sp³-hybridized carbons (Fsp3) is 0.625. The lowest BCUT2D eigenvalue weighted by atomic mass is 10.00. The molecule has 2 amide bonds.